The Balaban J connectivity index is 1.34. The van der Waals surface area contributed by atoms with E-state index in [1.807, 2.05) is 12.1 Å². The SMILES string of the molecule is Cc1ccc(S(=O)(=O)Nc2ccc(CCSc3nnc(-c4cc(Cl)cc(Cl)c4)o3)cc2)cc1C(=O)O. The van der Waals surface area contributed by atoms with Gasteiger partial charge in [-0.1, -0.05) is 53.2 Å². The van der Waals surface area contributed by atoms with Crippen LogP contribution in [0.25, 0.3) is 11.5 Å². The Kier molecular flexibility index (Phi) is 7.89. The number of nitrogens with zero attached hydrogens (tertiary/aromatic N) is 2. The number of aromatic nitrogens is 2. The highest BCUT2D eigenvalue weighted by Crippen LogP contribution is 2.29. The van der Waals surface area contributed by atoms with Crippen molar-refractivity contribution in [3.63, 3.8) is 0 Å². The van der Waals surface area contributed by atoms with Crippen LogP contribution in [-0.4, -0.2) is 35.4 Å². The van der Waals surface area contributed by atoms with E-state index in [1.54, 1.807) is 37.3 Å². The first-order valence-electron chi connectivity index (χ1n) is 10.5. The van der Waals surface area contributed by atoms with Gasteiger partial charge in [-0.05, 0) is 66.9 Å². The Morgan fingerprint density at radius 2 is 1.72 bits per heavy atom. The summed E-state index contributed by atoms with van der Waals surface area (Å²) in [5, 5.41) is 18.7. The Labute approximate surface area is 221 Å². The number of rotatable bonds is 9. The highest BCUT2D eigenvalue weighted by Gasteiger charge is 2.18. The average molecular weight is 564 g/mol. The molecule has 1 heterocycles. The van der Waals surface area contributed by atoms with Gasteiger partial charge in [-0.2, -0.15) is 0 Å². The largest absolute Gasteiger partial charge is 0.478 e. The van der Waals surface area contributed by atoms with Crippen LogP contribution in [-0.2, 0) is 16.4 Å². The lowest BCUT2D eigenvalue weighted by molar-refractivity contribution is 0.0696. The quantitative estimate of drug-likeness (QED) is 0.231. The summed E-state index contributed by atoms with van der Waals surface area (Å²) in [5.74, 6) is -0.204. The van der Waals surface area contributed by atoms with Gasteiger partial charge < -0.3 is 9.52 Å². The predicted octanol–water partition coefficient (Wildman–Crippen LogP) is 6.19. The molecule has 0 bridgehead atoms. The van der Waals surface area contributed by atoms with Gasteiger partial charge in [0, 0.05) is 27.0 Å². The second kappa shape index (κ2) is 10.9. The van der Waals surface area contributed by atoms with Crippen molar-refractivity contribution in [2.24, 2.45) is 0 Å². The third kappa shape index (κ3) is 6.38. The van der Waals surface area contributed by atoms with E-state index in [0.29, 0.717) is 50.1 Å². The standard InChI is InChI=1S/C24H19Cl2N3O5S2/c1-14-2-7-20(13-21(14)23(30)31)36(32,33)29-19-5-3-15(4-6-19)8-9-35-24-28-27-22(34-24)16-10-17(25)12-18(26)11-16/h2-7,10-13,29H,8-9H2,1H3,(H,30,31). The number of sulfonamides is 1. The van der Waals surface area contributed by atoms with Crippen LogP contribution in [0.1, 0.15) is 21.5 Å². The van der Waals surface area contributed by atoms with E-state index < -0.39 is 16.0 Å². The van der Waals surface area contributed by atoms with Crippen molar-refractivity contribution in [2.45, 2.75) is 23.5 Å². The van der Waals surface area contributed by atoms with Gasteiger partial charge in [0.2, 0.25) is 5.89 Å². The van der Waals surface area contributed by atoms with Crippen LogP contribution in [0.3, 0.4) is 0 Å². The molecule has 0 unspecified atom stereocenters. The summed E-state index contributed by atoms with van der Waals surface area (Å²) in [6.07, 6.45) is 0.679. The number of carboxylic acid groups (broad SMARTS) is 1. The first-order chi connectivity index (χ1) is 17.1. The maximum absolute atomic E-state index is 12.7. The summed E-state index contributed by atoms with van der Waals surface area (Å²) >= 11 is 13.4. The number of nitrogens with one attached hydrogen (secondary N) is 1. The Bertz CT molecular complexity index is 1500. The maximum atomic E-state index is 12.7. The van der Waals surface area contributed by atoms with Gasteiger partial charge in [0.05, 0.1) is 10.5 Å². The molecule has 0 saturated heterocycles. The number of anilines is 1. The first kappa shape index (κ1) is 26.0. The maximum Gasteiger partial charge on any atom is 0.335 e. The second-order valence-corrected chi connectivity index (χ2v) is 11.3. The third-order valence-electron chi connectivity index (χ3n) is 5.09. The molecule has 8 nitrogen and oxygen atoms in total. The Morgan fingerprint density at radius 3 is 2.39 bits per heavy atom. The second-order valence-electron chi connectivity index (χ2n) is 7.71. The molecule has 4 aromatic rings. The zero-order valence-corrected chi connectivity index (χ0v) is 21.9. The van der Waals surface area contributed by atoms with Gasteiger partial charge in [0.15, 0.2) is 0 Å². The lowest BCUT2D eigenvalue weighted by atomic mass is 10.1. The molecule has 0 aliphatic carbocycles. The molecule has 0 aliphatic heterocycles. The highest BCUT2D eigenvalue weighted by molar-refractivity contribution is 7.99. The van der Waals surface area contributed by atoms with Crippen molar-refractivity contribution >= 4 is 56.6 Å². The molecule has 0 fully saturated rings. The van der Waals surface area contributed by atoms with Crippen LogP contribution in [0.4, 0.5) is 5.69 Å². The minimum Gasteiger partial charge on any atom is -0.478 e. The Morgan fingerprint density at radius 1 is 1.03 bits per heavy atom. The van der Waals surface area contributed by atoms with E-state index in [4.69, 9.17) is 27.6 Å². The van der Waals surface area contributed by atoms with Crippen LogP contribution in [0.2, 0.25) is 10.0 Å². The molecule has 3 aromatic carbocycles. The molecular formula is C24H19Cl2N3O5S2. The molecule has 2 N–H and O–H groups in total. The molecule has 0 saturated carbocycles. The number of aromatic carboxylic acids is 1. The van der Waals surface area contributed by atoms with Crippen molar-refractivity contribution in [3.05, 3.63) is 87.4 Å². The smallest absolute Gasteiger partial charge is 0.335 e. The number of carbonyl (C=O) groups is 1. The van der Waals surface area contributed by atoms with Gasteiger partial charge in [-0.25, -0.2) is 13.2 Å². The topological polar surface area (TPSA) is 122 Å². The number of halogens is 2. The van der Waals surface area contributed by atoms with Crippen molar-refractivity contribution in [1.82, 2.24) is 10.2 Å². The van der Waals surface area contributed by atoms with Crippen LogP contribution in [0.5, 0.6) is 0 Å². The summed E-state index contributed by atoms with van der Waals surface area (Å²) in [4.78, 5) is 11.2. The summed E-state index contributed by atoms with van der Waals surface area (Å²) in [5.41, 5.74) is 2.40. The first-order valence-corrected chi connectivity index (χ1v) is 13.7. The Hall–Kier alpha value is -3.05. The van der Waals surface area contributed by atoms with Gasteiger partial charge in [-0.15, -0.1) is 10.2 Å². The van der Waals surface area contributed by atoms with Crippen LogP contribution < -0.4 is 4.72 Å². The zero-order chi connectivity index (χ0) is 25.9. The molecule has 4 rings (SSSR count). The molecule has 0 aliphatic rings. The molecule has 186 valence electrons. The number of hydrogen-bond donors (Lipinski definition) is 2. The molecule has 12 heteroatoms. The van der Waals surface area contributed by atoms with Crippen LogP contribution in [0.15, 0.2) is 75.2 Å². The summed E-state index contributed by atoms with van der Waals surface area (Å²) < 4.78 is 33.5. The van der Waals surface area contributed by atoms with E-state index in [9.17, 15) is 18.3 Å². The minimum atomic E-state index is -3.94. The molecule has 0 amide bonds. The fourth-order valence-electron chi connectivity index (χ4n) is 3.27. The number of benzene rings is 3. The van der Waals surface area contributed by atoms with Gasteiger partial charge in [0.25, 0.3) is 15.2 Å². The van der Waals surface area contributed by atoms with Crippen molar-refractivity contribution in [2.75, 3.05) is 10.5 Å². The molecule has 36 heavy (non-hydrogen) atoms. The van der Waals surface area contributed by atoms with E-state index in [-0.39, 0.29) is 10.5 Å². The minimum absolute atomic E-state index is 0.0598. The van der Waals surface area contributed by atoms with Crippen molar-refractivity contribution in [1.29, 1.82) is 0 Å². The predicted molar refractivity (Wildman–Crippen MR) is 140 cm³/mol. The van der Waals surface area contributed by atoms with E-state index in [1.165, 1.54) is 23.9 Å². The number of thioether (sulfide) groups is 1. The molecule has 0 atom stereocenters. The molecule has 1 aromatic heterocycles. The number of aryl methyl sites for hydroxylation is 2. The monoisotopic (exact) mass is 563 g/mol. The fourth-order valence-corrected chi connectivity index (χ4v) is 5.63. The number of carboxylic acids is 1. The van der Waals surface area contributed by atoms with Crippen molar-refractivity contribution < 1.29 is 22.7 Å². The van der Waals surface area contributed by atoms with Crippen molar-refractivity contribution in [3.8, 4) is 11.5 Å². The normalized spacial score (nSPS) is 11.4. The lowest BCUT2D eigenvalue weighted by Crippen LogP contribution is -2.14. The third-order valence-corrected chi connectivity index (χ3v) is 7.72. The molecular weight excluding hydrogens is 545 g/mol. The van der Waals surface area contributed by atoms with Crippen LogP contribution >= 0.6 is 35.0 Å². The van der Waals surface area contributed by atoms with E-state index >= 15 is 0 Å². The highest BCUT2D eigenvalue weighted by atomic mass is 35.5. The zero-order valence-electron chi connectivity index (χ0n) is 18.7. The van der Waals surface area contributed by atoms with Gasteiger partial charge in [-0.3, -0.25) is 4.72 Å². The molecule has 0 spiro atoms. The summed E-state index contributed by atoms with van der Waals surface area (Å²) in [6.45, 7) is 1.61. The van der Waals surface area contributed by atoms with Gasteiger partial charge in [0.1, 0.15) is 0 Å². The molecule has 0 radical (unpaired) electrons. The van der Waals surface area contributed by atoms with Crippen LogP contribution in [0, 0.1) is 6.92 Å². The average Bonchev–Trinajstić information content (AvgIpc) is 3.28. The van der Waals surface area contributed by atoms with E-state index in [0.717, 1.165) is 11.6 Å². The number of hydrogen-bond acceptors (Lipinski definition) is 7. The summed E-state index contributed by atoms with van der Waals surface area (Å²) in [6, 6.07) is 15.9. The van der Waals surface area contributed by atoms with Gasteiger partial charge >= 0.3 is 5.97 Å². The van der Waals surface area contributed by atoms with E-state index in [2.05, 4.69) is 14.9 Å². The fraction of sp³-hybridized carbons (Fsp3) is 0.125. The summed E-state index contributed by atoms with van der Waals surface area (Å²) in [7, 11) is -3.94. The lowest BCUT2D eigenvalue weighted by Gasteiger charge is -2.10.